The number of hydrogen-bond acceptors (Lipinski definition) is 3. The fourth-order valence-electron chi connectivity index (χ4n) is 2.21. The van der Waals surface area contributed by atoms with Crippen molar-refractivity contribution in [2.24, 2.45) is 0 Å². The number of amides is 1. The van der Waals surface area contributed by atoms with Crippen LogP contribution in [0.4, 0.5) is 18.9 Å². The number of benzene rings is 1. The molecule has 122 valence electrons. The van der Waals surface area contributed by atoms with Crippen molar-refractivity contribution in [2.75, 3.05) is 24.2 Å². The lowest BCUT2D eigenvalue weighted by Crippen LogP contribution is -2.42. The molecule has 1 saturated heterocycles. The van der Waals surface area contributed by atoms with Gasteiger partial charge in [-0.3, -0.25) is 4.79 Å². The molecule has 1 heterocycles. The van der Waals surface area contributed by atoms with Gasteiger partial charge in [0.2, 0.25) is 15.9 Å². The molecule has 0 spiro atoms. The van der Waals surface area contributed by atoms with Crippen molar-refractivity contribution in [3.05, 3.63) is 29.8 Å². The third-order valence-corrected chi connectivity index (χ3v) is 5.18. The minimum Gasteiger partial charge on any atom is -0.324 e. The van der Waals surface area contributed by atoms with Gasteiger partial charge < -0.3 is 5.32 Å². The molecule has 1 aromatic rings. The lowest BCUT2D eigenvalue weighted by molar-refractivity contribution is -0.137. The molecule has 1 aliphatic rings. The van der Waals surface area contributed by atoms with Gasteiger partial charge in [-0.05, 0) is 25.0 Å². The van der Waals surface area contributed by atoms with Crippen molar-refractivity contribution < 1.29 is 26.4 Å². The molecule has 2 rings (SSSR count). The van der Waals surface area contributed by atoms with E-state index in [-0.39, 0.29) is 18.0 Å². The molecule has 0 saturated carbocycles. The second-order valence-electron chi connectivity index (χ2n) is 4.95. The first-order chi connectivity index (χ1) is 10.2. The van der Waals surface area contributed by atoms with Crippen LogP contribution < -0.4 is 5.32 Å². The minimum absolute atomic E-state index is 0.0422. The van der Waals surface area contributed by atoms with Gasteiger partial charge in [0.1, 0.15) is 0 Å². The number of carbonyl (C=O) groups excluding carboxylic acids is 1. The molecule has 1 N–H and O–H groups in total. The Bertz CT molecular complexity index is 659. The predicted molar refractivity (Wildman–Crippen MR) is 74.7 cm³/mol. The Morgan fingerprint density at radius 1 is 1.23 bits per heavy atom. The molecule has 0 bridgehead atoms. The molecule has 1 amide bonds. The van der Waals surface area contributed by atoms with Crippen LogP contribution in [0.1, 0.15) is 18.4 Å². The zero-order valence-electron chi connectivity index (χ0n) is 11.6. The summed E-state index contributed by atoms with van der Waals surface area (Å²) >= 11 is 0. The summed E-state index contributed by atoms with van der Waals surface area (Å²) in [7, 11) is -3.50. The van der Waals surface area contributed by atoms with Gasteiger partial charge in [-0.1, -0.05) is 12.1 Å². The summed E-state index contributed by atoms with van der Waals surface area (Å²) < 4.78 is 63.0. The molecule has 9 heteroatoms. The first-order valence-electron chi connectivity index (χ1n) is 6.64. The Balaban J connectivity index is 2.10. The highest BCUT2D eigenvalue weighted by molar-refractivity contribution is 7.89. The van der Waals surface area contributed by atoms with E-state index in [1.807, 2.05) is 0 Å². The maximum Gasteiger partial charge on any atom is 0.418 e. The first-order valence-corrected chi connectivity index (χ1v) is 8.25. The Morgan fingerprint density at radius 3 is 2.55 bits per heavy atom. The van der Waals surface area contributed by atoms with E-state index in [9.17, 15) is 26.4 Å². The van der Waals surface area contributed by atoms with E-state index >= 15 is 0 Å². The fourth-order valence-corrected chi connectivity index (χ4v) is 3.76. The molecule has 0 radical (unpaired) electrons. The number of rotatable bonds is 3. The highest BCUT2D eigenvalue weighted by Crippen LogP contribution is 2.34. The first kappa shape index (κ1) is 16.8. The van der Waals surface area contributed by atoms with Crippen LogP contribution in [-0.4, -0.2) is 37.5 Å². The molecule has 0 aromatic heterocycles. The topological polar surface area (TPSA) is 66.5 Å². The maximum absolute atomic E-state index is 12.8. The lowest BCUT2D eigenvalue weighted by atomic mass is 10.1. The number of sulfonamides is 1. The molecule has 1 aliphatic heterocycles. The number of nitrogens with zero attached hydrogens (tertiary/aromatic N) is 1. The van der Waals surface area contributed by atoms with Crippen molar-refractivity contribution in [2.45, 2.75) is 19.0 Å². The number of halogens is 3. The van der Waals surface area contributed by atoms with Gasteiger partial charge in [-0.25, -0.2) is 8.42 Å². The van der Waals surface area contributed by atoms with Crippen molar-refractivity contribution in [3.8, 4) is 0 Å². The molecule has 1 fully saturated rings. The van der Waals surface area contributed by atoms with E-state index in [0.717, 1.165) is 16.4 Å². The summed E-state index contributed by atoms with van der Waals surface area (Å²) in [6.45, 7) is -0.273. The minimum atomic E-state index is -4.60. The van der Waals surface area contributed by atoms with E-state index < -0.39 is 34.2 Å². The summed E-state index contributed by atoms with van der Waals surface area (Å²) in [6, 6.07) is 4.56. The molecular formula is C13H15F3N2O3S. The van der Waals surface area contributed by atoms with Crippen molar-refractivity contribution in [3.63, 3.8) is 0 Å². The second kappa shape index (κ2) is 6.25. The van der Waals surface area contributed by atoms with Gasteiger partial charge in [-0.2, -0.15) is 17.5 Å². The SMILES string of the molecule is O=C(CN1CCCCS1(=O)=O)Nc1ccccc1C(F)(F)F. The Morgan fingerprint density at radius 2 is 1.91 bits per heavy atom. The Hall–Kier alpha value is -1.61. The van der Waals surface area contributed by atoms with Gasteiger partial charge in [0, 0.05) is 6.54 Å². The normalized spacial score (nSPS) is 18.9. The number of anilines is 1. The smallest absolute Gasteiger partial charge is 0.324 e. The molecular weight excluding hydrogens is 321 g/mol. The summed E-state index contributed by atoms with van der Waals surface area (Å²) in [4.78, 5) is 11.9. The van der Waals surface area contributed by atoms with Gasteiger partial charge >= 0.3 is 6.18 Å². The summed E-state index contributed by atoms with van der Waals surface area (Å²) in [6.07, 6.45) is -3.44. The molecule has 5 nitrogen and oxygen atoms in total. The van der Waals surface area contributed by atoms with E-state index in [1.165, 1.54) is 12.1 Å². The maximum atomic E-state index is 12.8. The van der Waals surface area contributed by atoms with Crippen LogP contribution in [0, 0.1) is 0 Å². The average molecular weight is 336 g/mol. The third-order valence-electron chi connectivity index (χ3n) is 3.28. The van der Waals surface area contributed by atoms with Gasteiger partial charge in [0.05, 0.1) is 23.5 Å². The van der Waals surface area contributed by atoms with E-state index in [1.54, 1.807) is 0 Å². The van der Waals surface area contributed by atoms with Gasteiger partial charge in [-0.15, -0.1) is 0 Å². The van der Waals surface area contributed by atoms with Crippen molar-refractivity contribution in [1.82, 2.24) is 4.31 Å². The zero-order chi connectivity index (χ0) is 16.4. The van der Waals surface area contributed by atoms with Crippen LogP contribution >= 0.6 is 0 Å². The molecule has 1 aromatic carbocycles. The van der Waals surface area contributed by atoms with Crippen LogP contribution in [0.2, 0.25) is 0 Å². The highest BCUT2D eigenvalue weighted by atomic mass is 32.2. The van der Waals surface area contributed by atoms with Crippen LogP contribution in [-0.2, 0) is 21.0 Å². The standard InChI is InChI=1S/C13H15F3N2O3S/c14-13(15,16)10-5-1-2-6-11(10)17-12(19)9-18-7-3-4-8-22(18,20)21/h1-2,5-6H,3-4,7-9H2,(H,17,19). The van der Waals surface area contributed by atoms with Crippen LogP contribution in [0.15, 0.2) is 24.3 Å². The van der Waals surface area contributed by atoms with Crippen LogP contribution in [0.25, 0.3) is 0 Å². The van der Waals surface area contributed by atoms with Crippen molar-refractivity contribution >= 4 is 21.6 Å². The number of nitrogens with one attached hydrogen (secondary N) is 1. The predicted octanol–water partition coefficient (Wildman–Crippen LogP) is 2.07. The fraction of sp³-hybridized carbons (Fsp3) is 0.462. The van der Waals surface area contributed by atoms with Gasteiger partial charge in [0.15, 0.2) is 0 Å². The summed E-state index contributed by atoms with van der Waals surface area (Å²) in [5, 5.41) is 2.14. The summed E-state index contributed by atoms with van der Waals surface area (Å²) in [5.74, 6) is -0.832. The van der Waals surface area contributed by atoms with Crippen LogP contribution in [0.5, 0.6) is 0 Å². The number of alkyl halides is 3. The molecule has 0 unspecified atom stereocenters. The highest BCUT2D eigenvalue weighted by Gasteiger charge is 2.34. The van der Waals surface area contributed by atoms with E-state index in [2.05, 4.69) is 5.32 Å². The zero-order valence-corrected chi connectivity index (χ0v) is 12.4. The monoisotopic (exact) mass is 336 g/mol. The number of para-hydroxylation sites is 1. The molecule has 0 aliphatic carbocycles. The average Bonchev–Trinajstić information content (AvgIpc) is 2.40. The number of hydrogen-bond donors (Lipinski definition) is 1. The molecule has 0 atom stereocenters. The van der Waals surface area contributed by atoms with Crippen molar-refractivity contribution in [1.29, 1.82) is 0 Å². The van der Waals surface area contributed by atoms with Crippen LogP contribution in [0.3, 0.4) is 0 Å². The largest absolute Gasteiger partial charge is 0.418 e. The van der Waals surface area contributed by atoms with E-state index in [4.69, 9.17) is 0 Å². The lowest BCUT2D eigenvalue weighted by Gasteiger charge is -2.25. The summed E-state index contributed by atoms with van der Waals surface area (Å²) in [5.41, 5.74) is -1.35. The Labute approximate surface area is 126 Å². The molecule has 22 heavy (non-hydrogen) atoms. The number of carbonyl (C=O) groups is 1. The van der Waals surface area contributed by atoms with E-state index in [0.29, 0.717) is 12.8 Å². The quantitative estimate of drug-likeness (QED) is 0.919. The van der Waals surface area contributed by atoms with Gasteiger partial charge in [0.25, 0.3) is 0 Å². The second-order valence-corrected chi connectivity index (χ2v) is 7.04. The Kier molecular flexibility index (Phi) is 4.76. The third kappa shape index (κ3) is 3.98.